The van der Waals surface area contributed by atoms with Crippen LogP contribution in [0.25, 0.3) is 0 Å². The van der Waals surface area contributed by atoms with Crippen molar-refractivity contribution in [3.8, 4) is 0 Å². The summed E-state index contributed by atoms with van der Waals surface area (Å²) >= 11 is 0. The minimum atomic E-state index is 0.254. The molecule has 0 saturated heterocycles. The van der Waals surface area contributed by atoms with Crippen molar-refractivity contribution >= 4 is 0 Å². The molecule has 0 aromatic carbocycles. The molecule has 0 aliphatic rings. The van der Waals surface area contributed by atoms with Gasteiger partial charge in [0.15, 0.2) is 0 Å². The van der Waals surface area contributed by atoms with Gasteiger partial charge in [-0.2, -0.15) is 0 Å². The molecule has 0 unspecified atom stereocenters. The molecule has 0 fully saturated rings. The third kappa shape index (κ3) is 5.58. The van der Waals surface area contributed by atoms with E-state index in [9.17, 15) is 0 Å². The van der Waals surface area contributed by atoms with Gasteiger partial charge in [-0.3, -0.25) is 0 Å². The summed E-state index contributed by atoms with van der Waals surface area (Å²) in [7, 11) is 2.19. The highest BCUT2D eigenvalue weighted by Crippen LogP contribution is 2.25. The second-order valence-electron chi connectivity index (χ2n) is 5.97. The maximum absolute atomic E-state index is 4.23. The Labute approximate surface area is 103 Å². The van der Waals surface area contributed by atoms with Crippen LogP contribution < -0.4 is 0 Å². The lowest BCUT2D eigenvalue weighted by Crippen LogP contribution is -2.39. The number of rotatable bonds is 8. The number of allylic oxidation sites excluding steroid dienone is 1. The minimum absolute atomic E-state index is 0.254. The van der Waals surface area contributed by atoms with Crippen LogP contribution in [-0.4, -0.2) is 17.5 Å². The predicted octanol–water partition coefficient (Wildman–Crippen LogP) is 4.84. The predicted molar refractivity (Wildman–Crippen MR) is 74.6 cm³/mol. The van der Waals surface area contributed by atoms with Crippen molar-refractivity contribution in [3.63, 3.8) is 0 Å². The Bertz CT molecular complexity index is 203. The molecular formula is C15H31N. The fourth-order valence-corrected chi connectivity index (χ4v) is 2.09. The van der Waals surface area contributed by atoms with Gasteiger partial charge >= 0.3 is 0 Å². The molecule has 96 valence electrons. The zero-order valence-corrected chi connectivity index (χ0v) is 12.3. The number of hydrogen-bond acceptors (Lipinski definition) is 1. The zero-order chi connectivity index (χ0) is 12.8. The Morgan fingerprint density at radius 2 is 1.88 bits per heavy atom. The summed E-state index contributed by atoms with van der Waals surface area (Å²) in [6.45, 7) is 15.7. The number of nitrogens with zero attached hydrogens (tertiary/aromatic N) is 1. The van der Waals surface area contributed by atoms with Crippen LogP contribution in [0.1, 0.15) is 66.7 Å². The third-order valence-corrected chi connectivity index (χ3v) is 3.49. The Balaban J connectivity index is 4.07. The summed E-state index contributed by atoms with van der Waals surface area (Å²) in [6.07, 6.45) is 6.18. The highest BCUT2D eigenvalue weighted by Gasteiger charge is 2.22. The average Bonchev–Trinajstić information content (AvgIpc) is 2.15. The molecule has 0 atom stereocenters. The first-order valence-electron chi connectivity index (χ1n) is 6.73. The van der Waals surface area contributed by atoms with Gasteiger partial charge in [-0.05, 0) is 39.0 Å². The van der Waals surface area contributed by atoms with Crippen molar-refractivity contribution in [2.45, 2.75) is 72.3 Å². The summed E-state index contributed by atoms with van der Waals surface area (Å²) < 4.78 is 0. The Morgan fingerprint density at radius 3 is 2.31 bits per heavy atom. The lowest BCUT2D eigenvalue weighted by atomic mass is 9.95. The highest BCUT2D eigenvalue weighted by atomic mass is 15.2. The zero-order valence-electron chi connectivity index (χ0n) is 12.3. The molecule has 0 N–H and O–H groups in total. The summed E-state index contributed by atoms with van der Waals surface area (Å²) in [5, 5.41) is 0. The molecule has 0 aromatic heterocycles. The van der Waals surface area contributed by atoms with E-state index in [0.29, 0.717) is 0 Å². The fraction of sp³-hybridized carbons (Fsp3) is 0.867. The van der Waals surface area contributed by atoms with E-state index < -0.39 is 0 Å². The molecule has 0 aromatic rings. The molecule has 0 amide bonds. The fourth-order valence-electron chi connectivity index (χ4n) is 2.09. The second-order valence-corrected chi connectivity index (χ2v) is 5.97. The lowest BCUT2D eigenvalue weighted by Gasteiger charge is -2.39. The van der Waals surface area contributed by atoms with E-state index in [2.05, 4.69) is 53.1 Å². The normalized spacial score (nSPS) is 11.9. The first-order chi connectivity index (χ1) is 7.31. The quantitative estimate of drug-likeness (QED) is 0.571. The van der Waals surface area contributed by atoms with Gasteiger partial charge in [0.05, 0.1) is 0 Å². The molecule has 1 nitrogen and oxygen atoms in total. The monoisotopic (exact) mass is 225 g/mol. The van der Waals surface area contributed by atoms with Crippen LogP contribution in [0.2, 0.25) is 0 Å². The topological polar surface area (TPSA) is 3.24 Å². The highest BCUT2D eigenvalue weighted by molar-refractivity contribution is 4.99. The molecule has 0 radical (unpaired) electrons. The van der Waals surface area contributed by atoms with Crippen LogP contribution >= 0.6 is 0 Å². The lowest BCUT2D eigenvalue weighted by molar-refractivity contribution is 0.183. The first-order valence-corrected chi connectivity index (χ1v) is 6.73. The Kier molecular flexibility index (Phi) is 6.78. The standard InChI is InChI=1S/C15H31N/c1-8-12-15(5,6)16(7)14(4)11-9-10-13(2)3/h13H,4,8-12H2,1-3,5-7H3. The Morgan fingerprint density at radius 1 is 1.31 bits per heavy atom. The van der Waals surface area contributed by atoms with E-state index in [4.69, 9.17) is 0 Å². The largest absolute Gasteiger partial charge is 0.373 e. The molecule has 0 saturated carbocycles. The van der Waals surface area contributed by atoms with Gasteiger partial charge in [-0.1, -0.05) is 40.2 Å². The molecule has 1 heteroatoms. The van der Waals surface area contributed by atoms with Gasteiger partial charge in [0, 0.05) is 18.3 Å². The van der Waals surface area contributed by atoms with E-state index in [0.717, 1.165) is 12.3 Å². The van der Waals surface area contributed by atoms with E-state index in [1.807, 2.05) is 0 Å². The molecular weight excluding hydrogens is 194 g/mol. The van der Waals surface area contributed by atoms with Crippen molar-refractivity contribution in [2.24, 2.45) is 5.92 Å². The van der Waals surface area contributed by atoms with E-state index in [1.165, 1.54) is 31.4 Å². The van der Waals surface area contributed by atoms with Crippen LogP contribution in [0.15, 0.2) is 12.3 Å². The van der Waals surface area contributed by atoms with E-state index in [-0.39, 0.29) is 5.54 Å². The van der Waals surface area contributed by atoms with Gasteiger partial charge in [0.2, 0.25) is 0 Å². The van der Waals surface area contributed by atoms with Crippen molar-refractivity contribution in [1.29, 1.82) is 0 Å². The van der Waals surface area contributed by atoms with Gasteiger partial charge in [-0.15, -0.1) is 0 Å². The molecule has 0 aliphatic heterocycles. The SMILES string of the molecule is C=C(CCCC(C)C)N(C)C(C)(C)CCC. The summed E-state index contributed by atoms with van der Waals surface area (Å²) in [5.74, 6) is 0.807. The van der Waals surface area contributed by atoms with Crippen molar-refractivity contribution < 1.29 is 0 Å². The molecule has 0 rings (SSSR count). The van der Waals surface area contributed by atoms with Gasteiger partial charge < -0.3 is 4.90 Å². The summed E-state index contributed by atoms with van der Waals surface area (Å²) in [6, 6.07) is 0. The first kappa shape index (κ1) is 15.5. The van der Waals surface area contributed by atoms with Gasteiger partial charge in [0.1, 0.15) is 0 Å². The maximum Gasteiger partial charge on any atom is 0.0339 e. The third-order valence-electron chi connectivity index (χ3n) is 3.49. The van der Waals surface area contributed by atoms with Crippen LogP contribution in [0.4, 0.5) is 0 Å². The van der Waals surface area contributed by atoms with Crippen molar-refractivity contribution in [1.82, 2.24) is 4.90 Å². The molecule has 0 heterocycles. The number of hydrogen-bond donors (Lipinski definition) is 0. The Hall–Kier alpha value is -0.460. The smallest absolute Gasteiger partial charge is 0.0339 e. The molecule has 0 aliphatic carbocycles. The van der Waals surface area contributed by atoms with Gasteiger partial charge in [-0.25, -0.2) is 0 Å². The maximum atomic E-state index is 4.23. The van der Waals surface area contributed by atoms with Crippen LogP contribution in [0, 0.1) is 5.92 Å². The average molecular weight is 225 g/mol. The van der Waals surface area contributed by atoms with Crippen LogP contribution in [0.5, 0.6) is 0 Å². The van der Waals surface area contributed by atoms with E-state index in [1.54, 1.807) is 0 Å². The molecule has 0 bridgehead atoms. The van der Waals surface area contributed by atoms with Crippen LogP contribution in [0.3, 0.4) is 0 Å². The molecule has 0 spiro atoms. The van der Waals surface area contributed by atoms with Crippen molar-refractivity contribution in [3.05, 3.63) is 12.3 Å². The summed E-state index contributed by atoms with van der Waals surface area (Å²) in [5.41, 5.74) is 1.54. The van der Waals surface area contributed by atoms with Crippen LogP contribution in [-0.2, 0) is 0 Å². The molecule has 16 heavy (non-hydrogen) atoms. The minimum Gasteiger partial charge on any atom is -0.373 e. The van der Waals surface area contributed by atoms with E-state index >= 15 is 0 Å². The second kappa shape index (κ2) is 6.98. The summed E-state index contributed by atoms with van der Waals surface area (Å²) in [4.78, 5) is 2.37. The van der Waals surface area contributed by atoms with Crippen molar-refractivity contribution in [2.75, 3.05) is 7.05 Å². The van der Waals surface area contributed by atoms with Gasteiger partial charge in [0.25, 0.3) is 0 Å².